The maximum Gasteiger partial charge on any atom is 0.345 e. The number of aliphatic hydroxyl groups excluding tert-OH is 1. The fourth-order valence-corrected chi connectivity index (χ4v) is 4.91. The van der Waals surface area contributed by atoms with Crippen LogP contribution in [-0.4, -0.2) is 48.1 Å². The summed E-state index contributed by atoms with van der Waals surface area (Å²) in [7, 11) is -3.71. The predicted molar refractivity (Wildman–Crippen MR) is 69.9 cm³/mol. The van der Waals surface area contributed by atoms with Crippen molar-refractivity contribution in [1.29, 1.82) is 0 Å². The molecule has 0 aromatic carbocycles. The second kappa shape index (κ2) is 5.58. The topological polar surface area (TPSA) is 94.9 Å². The second-order valence-electron chi connectivity index (χ2n) is 4.35. The van der Waals surface area contributed by atoms with E-state index in [0.29, 0.717) is 0 Å². The fraction of sp³-hybridized carbons (Fsp3) is 0.545. The van der Waals surface area contributed by atoms with Gasteiger partial charge in [-0.25, -0.2) is 13.2 Å². The number of sulfonamides is 1. The molecule has 1 heterocycles. The van der Waals surface area contributed by atoms with E-state index in [-0.39, 0.29) is 28.3 Å². The van der Waals surface area contributed by atoms with E-state index in [4.69, 9.17) is 10.2 Å². The van der Waals surface area contributed by atoms with Crippen LogP contribution in [0.3, 0.4) is 0 Å². The smallest absolute Gasteiger partial charge is 0.345 e. The van der Waals surface area contributed by atoms with E-state index in [1.807, 2.05) is 0 Å². The normalized spacial score (nSPS) is 16.5. The van der Waals surface area contributed by atoms with Gasteiger partial charge in [0, 0.05) is 12.6 Å². The van der Waals surface area contributed by atoms with E-state index in [1.165, 1.54) is 16.4 Å². The highest BCUT2D eigenvalue weighted by atomic mass is 32.2. The molecule has 1 aliphatic carbocycles. The van der Waals surface area contributed by atoms with Gasteiger partial charge < -0.3 is 10.2 Å². The highest BCUT2D eigenvalue weighted by Crippen LogP contribution is 2.32. The van der Waals surface area contributed by atoms with Crippen LogP contribution in [0.1, 0.15) is 28.9 Å². The van der Waals surface area contributed by atoms with Gasteiger partial charge in [-0.15, -0.1) is 11.3 Å². The summed E-state index contributed by atoms with van der Waals surface area (Å²) in [6, 6.07) is 2.53. The molecule has 0 radical (unpaired) electrons. The Balaban J connectivity index is 2.29. The van der Waals surface area contributed by atoms with Crippen LogP contribution in [0.15, 0.2) is 16.3 Å². The highest BCUT2D eigenvalue weighted by molar-refractivity contribution is 7.91. The van der Waals surface area contributed by atoms with E-state index in [0.717, 1.165) is 30.6 Å². The molecule has 1 fully saturated rings. The molecule has 0 atom stereocenters. The maximum atomic E-state index is 12.4. The van der Waals surface area contributed by atoms with Crippen molar-refractivity contribution in [3.05, 3.63) is 17.0 Å². The van der Waals surface area contributed by atoms with Gasteiger partial charge in [0.1, 0.15) is 9.09 Å². The summed E-state index contributed by atoms with van der Waals surface area (Å²) in [6.07, 6.45) is 2.56. The summed E-state index contributed by atoms with van der Waals surface area (Å²) in [5.74, 6) is -1.14. The van der Waals surface area contributed by atoms with Gasteiger partial charge in [-0.05, 0) is 25.0 Å². The molecule has 0 aliphatic heterocycles. The van der Waals surface area contributed by atoms with E-state index in [2.05, 4.69) is 0 Å². The van der Waals surface area contributed by atoms with Gasteiger partial charge in [-0.2, -0.15) is 4.31 Å². The summed E-state index contributed by atoms with van der Waals surface area (Å²) in [4.78, 5) is 10.8. The van der Waals surface area contributed by atoms with Crippen LogP contribution in [0.2, 0.25) is 0 Å². The van der Waals surface area contributed by atoms with Crippen molar-refractivity contribution in [3.8, 4) is 0 Å². The minimum Gasteiger partial charge on any atom is -0.477 e. The number of hydrogen-bond donors (Lipinski definition) is 2. The standard InChI is InChI=1S/C11H15NO5S2/c13-7-6-12(8-2-1-3-8)19(16,17)10-5-4-9(18-10)11(14)15/h4-5,8,13H,1-3,6-7H2,(H,14,15). The molecule has 106 valence electrons. The SMILES string of the molecule is O=C(O)c1ccc(S(=O)(=O)N(CCO)C2CCC2)s1. The Bertz CT molecular complexity index is 561. The molecule has 19 heavy (non-hydrogen) atoms. The Kier molecular flexibility index (Phi) is 4.24. The third-order valence-corrected chi connectivity index (χ3v) is 6.65. The number of hydrogen-bond acceptors (Lipinski definition) is 5. The van der Waals surface area contributed by atoms with Crippen LogP contribution in [0, 0.1) is 0 Å². The summed E-state index contributed by atoms with van der Waals surface area (Å²) >= 11 is 0.743. The first-order chi connectivity index (χ1) is 8.96. The number of aliphatic hydroxyl groups is 1. The molecule has 0 spiro atoms. The lowest BCUT2D eigenvalue weighted by atomic mass is 9.93. The Morgan fingerprint density at radius 3 is 2.53 bits per heavy atom. The van der Waals surface area contributed by atoms with Crippen LogP contribution in [0.25, 0.3) is 0 Å². The largest absolute Gasteiger partial charge is 0.477 e. The maximum absolute atomic E-state index is 12.4. The molecule has 0 bridgehead atoms. The minimum atomic E-state index is -3.71. The zero-order valence-corrected chi connectivity index (χ0v) is 11.8. The van der Waals surface area contributed by atoms with Gasteiger partial charge >= 0.3 is 5.97 Å². The fourth-order valence-electron chi connectivity index (χ4n) is 1.96. The van der Waals surface area contributed by atoms with Gasteiger partial charge in [-0.3, -0.25) is 0 Å². The third kappa shape index (κ3) is 2.81. The molecule has 1 aromatic heterocycles. The molecule has 0 saturated heterocycles. The van der Waals surface area contributed by atoms with Crippen molar-refractivity contribution in [3.63, 3.8) is 0 Å². The number of aromatic carboxylic acids is 1. The van der Waals surface area contributed by atoms with Gasteiger partial charge in [0.2, 0.25) is 0 Å². The zero-order chi connectivity index (χ0) is 14.0. The second-order valence-corrected chi connectivity index (χ2v) is 7.55. The first kappa shape index (κ1) is 14.4. The molecule has 1 aromatic rings. The number of carbonyl (C=O) groups is 1. The summed E-state index contributed by atoms with van der Waals surface area (Å²) < 4.78 is 26.2. The van der Waals surface area contributed by atoms with Gasteiger partial charge in [0.15, 0.2) is 0 Å². The average molecular weight is 305 g/mol. The Morgan fingerprint density at radius 2 is 2.11 bits per heavy atom. The van der Waals surface area contributed by atoms with E-state index < -0.39 is 16.0 Å². The molecule has 2 N–H and O–H groups in total. The highest BCUT2D eigenvalue weighted by Gasteiger charge is 2.35. The molecule has 1 aliphatic rings. The summed E-state index contributed by atoms with van der Waals surface area (Å²) in [5, 5.41) is 17.8. The lowest BCUT2D eigenvalue weighted by Crippen LogP contribution is -2.45. The van der Waals surface area contributed by atoms with Crippen molar-refractivity contribution < 1.29 is 23.4 Å². The summed E-state index contributed by atoms with van der Waals surface area (Å²) in [6.45, 7) is -0.194. The summed E-state index contributed by atoms with van der Waals surface area (Å²) in [5.41, 5.74) is 0. The number of carboxylic acids is 1. The van der Waals surface area contributed by atoms with E-state index >= 15 is 0 Å². The molecule has 8 heteroatoms. The molecule has 6 nitrogen and oxygen atoms in total. The van der Waals surface area contributed by atoms with Crippen LogP contribution < -0.4 is 0 Å². The van der Waals surface area contributed by atoms with Crippen LogP contribution in [0.4, 0.5) is 0 Å². The minimum absolute atomic E-state index is 0.00358. The average Bonchev–Trinajstić information content (AvgIpc) is 2.75. The molecule has 0 unspecified atom stereocenters. The van der Waals surface area contributed by atoms with Crippen LogP contribution in [0.5, 0.6) is 0 Å². The number of nitrogens with zero attached hydrogens (tertiary/aromatic N) is 1. The molecular weight excluding hydrogens is 290 g/mol. The van der Waals surface area contributed by atoms with Crippen molar-refractivity contribution >= 4 is 27.3 Å². The molecule has 0 amide bonds. The first-order valence-corrected chi connectivity index (χ1v) is 8.18. The Morgan fingerprint density at radius 1 is 1.42 bits per heavy atom. The lowest BCUT2D eigenvalue weighted by molar-refractivity contribution is 0.0702. The van der Waals surface area contributed by atoms with Gasteiger partial charge in [0.25, 0.3) is 10.0 Å². The molecular formula is C11H15NO5S2. The Hall–Kier alpha value is -0.960. The van der Waals surface area contributed by atoms with Crippen molar-refractivity contribution in [2.24, 2.45) is 0 Å². The monoisotopic (exact) mass is 305 g/mol. The van der Waals surface area contributed by atoms with Crippen molar-refractivity contribution in [2.45, 2.75) is 29.5 Å². The quantitative estimate of drug-likeness (QED) is 0.817. The van der Waals surface area contributed by atoms with E-state index in [9.17, 15) is 13.2 Å². The van der Waals surface area contributed by atoms with Crippen LogP contribution >= 0.6 is 11.3 Å². The van der Waals surface area contributed by atoms with E-state index in [1.54, 1.807) is 0 Å². The van der Waals surface area contributed by atoms with Gasteiger partial charge in [-0.1, -0.05) is 6.42 Å². The van der Waals surface area contributed by atoms with Crippen molar-refractivity contribution in [2.75, 3.05) is 13.2 Å². The Labute approximate surface area is 115 Å². The predicted octanol–water partition coefficient (Wildman–Crippen LogP) is 0.982. The van der Waals surface area contributed by atoms with Gasteiger partial charge in [0.05, 0.1) is 6.61 Å². The lowest BCUT2D eigenvalue weighted by Gasteiger charge is -2.35. The molecule has 2 rings (SSSR count). The number of rotatable bonds is 6. The van der Waals surface area contributed by atoms with Crippen LogP contribution in [-0.2, 0) is 10.0 Å². The zero-order valence-electron chi connectivity index (χ0n) is 10.2. The molecule has 1 saturated carbocycles. The van der Waals surface area contributed by atoms with Crippen molar-refractivity contribution in [1.82, 2.24) is 4.31 Å². The first-order valence-electron chi connectivity index (χ1n) is 5.92. The number of thiophene rings is 1. The third-order valence-electron chi connectivity index (χ3n) is 3.16. The number of carboxylic acid groups (broad SMARTS) is 1.